The first-order valence-electron chi connectivity index (χ1n) is 8.12. The highest BCUT2D eigenvalue weighted by molar-refractivity contribution is 4.84. The normalized spacial score (nSPS) is 28.5. The first-order chi connectivity index (χ1) is 8.81. The van der Waals surface area contributed by atoms with Gasteiger partial charge in [0.1, 0.15) is 0 Å². The van der Waals surface area contributed by atoms with Gasteiger partial charge in [-0.3, -0.25) is 0 Å². The molecule has 3 unspecified atom stereocenters. The molecule has 0 aromatic rings. The summed E-state index contributed by atoms with van der Waals surface area (Å²) in [7, 11) is 0. The van der Waals surface area contributed by atoms with Crippen molar-refractivity contribution in [1.82, 2.24) is 5.32 Å². The van der Waals surface area contributed by atoms with Crippen LogP contribution in [-0.2, 0) is 4.74 Å². The number of hydrogen-bond acceptors (Lipinski definition) is 2. The lowest BCUT2D eigenvalue weighted by Gasteiger charge is -2.36. The van der Waals surface area contributed by atoms with Crippen molar-refractivity contribution in [2.75, 3.05) is 19.8 Å². The largest absolute Gasteiger partial charge is 0.381 e. The Kier molecular flexibility index (Phi) is 8.70. The molecule has 0 aromatic carbocycles. The molecule has 0 radical (unpaired) electrons. The van der Waals surface area contributed by atoms with Crippen molar-refractivity contribution in [3.63, 3.8) is 0 Å². The van der Waals surface area contributed by atoms with E-state index < -0.39 is 0 Å². The topological polar surface area (TPSA) is 21.3 Å². The van der Waals surface area contributed by atoms with Crippen LogP contribution in [0, 0.1) is 11.8 Å². The maximum atomic E-state index is 5.68. The van der Waals surface area contributed by atoms with Crippen LogP contribution in [0.5, 0.6) is 0 Å². The Hall–Kier alpha value is -0.0800. The van der Waals surface area contributed by atoms with E-state index in [1.165, 1.54) is 45.1 Å². The zero-order chi connectivity index (χ0) is 13.2. The van der Waals surface area contributed by atoms with Crippen molar-refractivity contribution in [3.8, 4) is 0 Å². The number of ether oxygens (including phenoxy) is 1. The highest BCUT2D eigenvalue weighted by Gasteiger charge is 2.28. The lowest BCUT2D eigenvalue weighted by molar-refractivity contribution is 0.0959. The van der Waals surface area contributed by atoms with Crippen molar-refractivity contribution >= 4 is 0 Å². The molecule has 0 amide bonds. The molecule has 0 aliphatic heterocycles. The van der Waals surface area contributed by atoms with Crippen molar-refractivity contribution in [2.24, 2.45) is 11.8 Å². The molecule has 2 heteroatoms. The standard InChI is InChI=1S/C16H33NO/c1-4-10-17-16-8-7-14(6-3)13-15(16)9-12-18-11-5-2/h14-17H,4-13H2,1-3H3. The van der Waals surface area contributed by atoms with Crippen LogP contribution in [0.3, 0.4) is 0 Å². The minimum Gasteiger partial charge on any atom is -0.381 e. The number of nitrogens with one attached hydrogen (secondary N) is 1. The SMILES string of the molecule is CCCNC1CCC(CC)CC1CCOCCC. The molecule has 1 aliphatic carbocycles. The summed E-state index contributed by atoms with van der Waals surface area (Å²) in [5.41, 5.74) is 0. The van der Waals surface area contributed by atoms with E-state index in [-0.39, 0.29) is 0 Å². The van der Waals surface area contributed by atoms with Gasteiger partial charge in [0.2, 0.25) is 0 Å². The van der Waals surface area contributed by atoms with Crippen LogP contribution in [0.1, 0.15) is 65.7 Å². The molecule has 3 atom stereocenters. The summed E-state index contributed by atoms with van der Waals surface area (Å²) in [6.07, 6.45) is 9.19. The maximum absolute atomic E-state index is 5.68. The molecule has 1 aliphatic rings. The lowest BCUT2D eigenvalue weighted by Crippen LogP contribution is -2.41. The Morgan fingerprint density at radius 1 is 1.06 bits per heavy atom. The highest BCUT2D eigenvalue weighted by Crippen LogP contribution is 2.33. The predicted octanol–water partition coefficient (Wildman–Crippen LogP) is 4.00. The van der Waals surface area contributed by atoms with E-state index in [1.54, 1.807) is 0 Å². The van der Waals surface area contributed by atoms with Gasteiger partial charge in [0, 0.05) is 19.3 Å². The summed E-state index contributed by atoms with van der Waals surface area (Å²) in [5.74, 6) is 1.80. The maximum Gasteiger partial charge on any atom is 0.0469 e. The van der Waals surface area contributed by atoms with Gasteiger partial charge in [0.25, 0.3) is 0 Å². The first kappa shape index (κ1) is 16.0. The molecule has 0 heterocycles. The van der Waals surface area contributed by atoms with Crippen LogP contribution >= 0.6 is 0 Å². The smallest absolute Gasteiger partial charge is 0.0469 e. The van der Waals surface area contributed by atoms with E-state index in [4.69, 9.17) is 4.74 Å². The minimum absolute atomic E-state index is 0.748. The number of rotatable bonds is 9. The third-order valence-corrected chi connectivity index (χ3v) is 4.31. The molecule has 108 valence electrons. The molecule has 18 heavy (non-hydrogen) atoms. The third-order valence-electron chi connectivity index (χ3n) is 4.31. The fraction of sp³-hybridized carbons (Fsp3) is 1.00. The summed E-state index contributed by atoms with van der Waals surface area (Å²) in [5, 5.41) is 3.75. The summed E-state index contributed by atoms with van der Waals surface area (Å²) in [6, 6.07) is 0.748. The second-order valence-corrected chi connectivity index (χ2v) is 5.81. The van der Waals surface area contributed by atoms with Crippen LogP contribution in [0.2, 0.25) is 0 Å². The third kappa shape index (κ3) is 5.71. The molecular formula is C16H33NO. The Balaban J connectivity index is 2.33. The zero-order valence-corrected chi connectivity index (χ0v) is 12.7. The molecule has 1 saturated carbocycles. The van der Waals surface area contributed by atoms with Gasteiger partial charge < -0.3 is 10.1 Å². The van der Waals surface area contributed by atoms with E-state index in [2.05, 4.69) is 26.1 Å². The average molecular weight is 255 g/mol. The van der Waals surface area contributed by atoms with Crippen molar-refractivity contribution in [1.29, 1.82) is 0 Å². The van der Waals surface area contributed by atoms with E-state index in [9.17, 15) is 0 Å². The summed E-state index contributed by atoms with van der Waals surface area (Å²) >= 11 is 0. The number of hydrogen-bond donors (Lipinski definition) is 1. The first-order valence-corrected chi connectivity index (χ1v) is 8.12. The lowest BCUT2D eigenvalue weighted by atomic mass is 9.75. The Morgan fingerprint density at radius 2 is 1.89 bits per heavy atom. The van der Waals surface area contributed by atoms with Crippen LogP contribution in [-0.4, -0.2) is 25.8 Å². The van der Waals surface area contributed by atoms with E-state index >= 15 is 0 Å². The summed E-state index contributed by atoms with van der Waals surface area (Å²) in [4.78, 5) is 0. The van der Waals surface area contributed by atoms with Gasteiger partial charge in [-0.05, 0) is 56.9 Å². The molecule has 1 fully saturated rings. The van der Waals surface area contributed by atoms with Crippen LogP contribution in [0.25, 0.3) is 0 Å². The summed E-state index contributed by atoms with van der Waals surface area (Å²) in [6.45, 7) is 9.84. The van der Waals surface area contributed by atoms with E-state index in [0.717, 1.165) is 37.5 Å². The molecule has 1 rings (SSSR count). The Bertz CT molecular complexity index is 196. The monoisotopic (exact) mass is 255 g/mol. The van der Waals surface area contributed by atoms with Crippen LogP contribution in [0.15, 0.2) is 0 Å². The predicted molar refractivity (Wildman–Crippen MR) is 78.9 cm³/mol. The fourth-order valence-corrected chi connectivity index (χ4v) is 3.13. The van der Waals surface area contributed by atoms with Gasteiger partial charge in [0.15, 0.2) is 0 Å². The van der Waals surface area contributed by atoms with Gasteiger partial charge in [-0.2, -0.15) is 0 Å². The quantitative estimate of drug-likeness (QED) is 0.629. The highest BCUT2D eigenvalue weighted by atomic mass is 16.5. The Labute approximate surface area is 114 Å². The molecule has 0 bridgehead atoms. The zero-order valence-electron chi connectivity index (χ0n) is 12.7. The molecule has 1 N–H and O–H groups in total. The summed E-state index contributed by atoms with van der Waals surface area (Å²) < 4.78 is 5.68. The van der Waals surface area contributed by atoms with Crippen LogP contribution < -0.4 is 5.32 Å². The molecule has 0 spiro atoms. The molecular weight excluding hydrogens is 222 g/mol. The average Bonchev–Trinajstić information content (AvgIpc) is 2.42. The van der Waals surface area contributed by atoms with Gasteiger partial charge in [-0.25, -0.2) is 0 Å². The van der Waals surface area contributed by atoms with Crippen molar-refractivity contribution in [3.05, 3.63) is 0 Å². The minimum atomic E-state index is 0.748. The fourth-order valence-electron chi connectivity index (χ4n) is 3.13. The van der Waals surface area contributed by atoms with Gasteiger partial charge in [-0.1, -0.05) is 27.2 Å². The Morgan fingerprint density at radius 3 is 2.56 bits per heavy atom. The van der Waals surface area contributed by atoms with Gasteiger partial charge in [0.05, 0.1) is 0 Å². The molecule has 2 nitrogen and oxygen atoms in total. The van der Waals surface area contributed by atoms with Crippen molar-refractivity contribution < 1.29 is 4.74 Å². The molecule has 0 saturated heterocycles. The van der Waals surface area contributed by atoms with Crippen LogP contribution in [0.4, 0.5) is 0 Å². The van der Waals surface area contributed by atoms with Crippen molar-refractivity contribution in [2.45, 2.75) is 71.8 Å². The van der Waals surface area contributed by atoms with E-state index in [0.29, 0.717) is 0 Å². The second-order valence-electron chi connectivity index (χ2n) is 5.81. The van der Waals surface area contributed by atoms with E-state index in [1.807, 2.05) is 0 Å². The van der Waals surface area contributed by atoms with Gasteiger partial charge >= 0.3 is 0 Å². The van der Waals surface area contributed by atoms with Gasteiger partial charge in [-0.15, -0.1) is 0 Å². The molecule has 0 aromatic heterocycles. The second kappa shape index (κ2) is 9.80.